The minimum Gasteiger partial charge on any atom is -0.337 e. The van der Waals surface area contributed by atoms with Gasteiger partial charge in [-0.1, -0.05) is 71.0 Å². The normalized spacial score (nSPS) is 26.2. The molecule has 256 valence electrons. The largest absolute Gasteiger partial charge is 0.337 e. The number of hydrogen-bond donors (Lipinski definition) is 0. The van der Waals surface area contributed by atoms with Crippen molar-refractivity contribution in [3.8, 4) is 0 Å². The van der Waals surface area contributed by atoms with Gasteiger partial charge in [-0.2, -0.15) is 9.97 Å². The minimum atomic E-state index is -0.128. The van der Waals surface area contributed by atoms with Crippen molar-refractivity contribution in [1.82, 2.24) is 30.1 Å². The van der Waals surface area contributed by atoms with Gasteiger partial charge >= 0.3 is 0 Å². The molecule has 2 aromatic heterocycles. The van der Waals surface area contributed by atoms with Crippen molar-refractivity contribution in [2.45, 2.75) is 102 Å². The molecule has 2 aromatic carbocycles. The zero-order valence-electron chi connectivity index (χ0n) is 28.2. The highest BCUT2D eigenvalue weighted by atomic mass is 16.5. The molecule has 0 unspecified atom stereocenters. The summed E-state index contributed by atoms with van der Waals surface area (Å²) >= 11 is 0. The van der Waals surface area contributed by atoms with Gasteiger partial charge in [0, 0.05) is 37.8 Å². The monoisotopic (exact) mass is 662 g/mol. The Bertz CT molecular complexity index is 1590. The maximum atomic E-state index is 13.7. The van der Waals surface area contributed by atoms with Crippen LogP contribution in [-0.4, -0.2) is 55.0 Å². The molecule has 2 atom stereocenters. The average molecular weight is 663 g/mol. The fraction of sp³-hybridized carbons (Fsp3) is 0.538. The highest BCUT2D eigenvalue weighted by Crippen LogP contribution is 2.62. The van der Waals surface area contributed by atoms with Crippen molar-refractivity contribution in [2.24, 2.45) is 17.3 Å². The third-order valence-electron chi connectivity index (χ3n) is 11.4. The van der Waals surface area contributed by atoms with Crippen molar-refractivity contribution < 1.29 is 18.6 Å². The molecule has 1 spiro atoms. The zero-order chi connectivity index (χ0) is 33.2. The van der Waals surface area contributed by atoms with Crippen LogP contribution in [0.25, 0.3) is 0 Å². The standard InChI is InChI=1S/C39H46N6O4/c46-37(44-21-9-17-31(44)35-40-33(42-48-35)19-7-15-27-11-3-1-4-12-27)29-23-39(24-29)25-30(26-39)38(47)45-22-10-18-32(45)36-41-34(43-49-36)20-8-16-28-13-5-2-6-14-28/h1-6,11-14,29-32H,7-10,15-26H2/t29?,30?,31-,32-,39?/m0/s1. The Morgan fingerprint density at radius 1 is 0.633 bits per heavy atom. The first kappa shape index (κ1) is 31.9. The third-order valence-corrected chi connectivity index (χ3v) is 11.4. The van der Waals surface area contributed by atoms with Gasteiger partial charge in [0.25, 0.3) is 0 Å². The summed E-state index contributed by atoms with van der Waals surface area (Å²) in [6.45, 7) is 1.47. The smallest absolute Gasteiger partial charge is 0.249 e. The molecule has 2 saturated heterocycles. The lowest BCUT2D eigenvalue weighted by atomic mass is 9.47. The SMILES string of the molecule is O=C(C1CC2(C1)CC(C(=O)N1CCC[C@H]1c1nc(CCCc3ccccc3)no1)C2)N1CCC[C@H]1c1nc(CCCc2ccccc2)no1. The number of hydrogen-bond acceptors (Lipinski definition) is 8. The van der Waals surface area contributed by atoms with Gasteiger partial charge < -0.3 is 18.8 Å². The fourth-order valence-electron chi connectivity index (χ4n) is 8.90. The molecule has 2 aliphatic heterocycles. The summed E-state index contributed by atoms with van der Waals surface area (Å²) < 4.78 is 11.4. The van der Waals surface area contributed by atoms with E-state index in [1.54, 1.807) is 0 Å². The van der Waals surface area contributed by atoms with Crippen LogP contribution >= 0.6 is 0 Å². The van der Waals surface area contributed by atoms with E-state index < -0.39 is 0 Å². The van der Waals surface area contributed by atoms with Crippen LogP contribution in [0.1, 0.15) is 111 Å². The summed E-state index contributed by atoms with van der Waals surface area (Å²) in [7, 11) is 0. The molecule has 10 heteroatoms. The van der Waals surface area contributed by atoms with E-state index in [1.807, 2.05) is 21.9 Å². The Hall–Kier alpha value is -4.34. The molecular weight excluding hydrogens is 616 g/mol. The van der Waals surface area contributed by atoms with Crippen LogP contribution in [-0.2, 0) is 35.3 Å². The second kappa shape index (κ2) is 13.9. The average Bonchev–Trinajstić information content (AvgIpc) is 3.91. The quantitative estimate of drug-likeness (QED) is 0.166. The van der Waals surface area contributed by atoms with Gasteiger partial charge in [0.05, 0.1) is 0 Å². The highest BCUT2D eigenvalue weighted by molar-refractivity contribution is 5.83. The lowest BCUT2D eigenvalue weighted by Crippen LogP contribution is -2.55. The molecular formula is C39H46N6O4. The molecule has 2 aliphatic carbocycles. The maximum absolute atomic E-state index is 13.7. The molecule has 4 aromatic rings. The molecule has 4 heterocycles. The number of likely N-dealkylation sites (tertiary alicyclic amines) is 2. The first-order valence-electron chi connectivity index (χ1n) is 18.4. The summed E-state index contributed by atoms with van der Waals surface area (Å²) in [4.78, 5) is 40.7. The van der Waals surface area contributed by atoms with Gasteiger partial charge in [-0.3, -0.25) is 9.59 Å². The van der Waals surface area contributed by atoms with Gasteiger partial charge in [-0.25, -0.2) is 0 Å². The van der Waals surface area contributed by atoms with Crippen LogP contribution in [0.3, 0.4) is 0 Å². The van der Waals surface area contributed by atoms with Crippen molar-refractivity contribution in [3.63, 3.8) is 0 Å². The summed E-state index contributed by atoms with van der Waals surface area (Å²) in [6.07, 6.45) is 12.5. The van der Waals surface area contributed by atoms with Gasteiger partial charge in [0.1, 0.15) is 12.1 Å². The van der Waals surface area contributed by atoms with Crippen molar-refractivity contribution in [3.05, 3.63) is 95.2 Å². The Labute approximate surface area is 287 Å². The Morgan fingerprint density at radius 3 is 1.49 bits per heavy atom. The Balaban J connectivity index is 0.795. The number of benzene rings is 2. The van der Waals surface area contributed by atoms with E-state index in [1.165, 1.54) is 11.1 Å². The number of carbonyl (C=O) groups is 2. The highest BCUT2D eigenvalue weighted by Gasteiger charge is 2.58. The van der Waals surface area contributed by atoms with Gasteiger partial charge in [-0.05, 0) is 93.6 Å². The Kier molecular flexibility index (Phi) is 9.04. The van der Waals surface area contributed by atoms with E-state index in [9.17, 15) is 9.59 Å². The molecule has 4 fully saturated rings. The number of carbonyl (C=O) groups excluding carboxylic acids is 2. The lowest BCUT2D eigenvalue weighted by molar-refractivity contribution is -0.162. The summed E-state index contributed by atoms with van der Waals surface area (Å²) in [5.41, 5.74) is 2.74. The van der Waals surface area contributed by atoms with Crippen molar-refractivity contribution >= 4 is 11.8 Å². The second-order valence-electron chi connectivity index (χ2n) is 14.9. The fourth-order valence-corrected chi connectivity index (χ4v) is 8.90. The topological polar surface area (TPSA) is 118 Å². The molecule has 4 aliphatic rings. The molecule has 0 bridgehead atoms. The third kappa shape index (κ3) is 6.79. The van der Waals surface area contributed by atoms with Crippen molar-refractivity contribution in [1.29, 1.82) is 0 Å². The van der Waals surface area contributed by atoms with E-state index in [0.29, 0.717) is 11.8 Å². The number of amides is 2. The van der Waals surface area contributed by atoms with E-state index >= 15 is 0 Å². The van der Waals surface area contributed by atoms with Crippen LogP contribution < -0.4 is 0 Å². The van der Waals surface area contributed by atoms with Crippen LogP contribution in [0, 0.1) is 17.3 Å². The maximum Gasteiger partial charge on any atom is 0.249 e. The van der Waals surface area contributed by atoms with Crippen LogP contribution in [0.4, 0.5) is 0 Å². The molecule has 10 nitrogen and oxygen atoms in total. The van der Waals surface area contributed by atoms with Gasteiger partial charge in [-0.15, -0.1) is 0 Å². The molecule has 8 rings (SSSR count). The molecule has 0 radical (unpaired) electrons. The predicted octanol–water partition coefficient (Wildman–Crippen LogP) is 6.64. The number of aryl methyl sites for hydroxylation is 4. The summed E-state index contributed by atoms with van der Waals surface area (Å²) in [5.74, 6) is 3.04. The number of aromatic nitrogens is 4. The van der Waals surface area contributed by atoms with E-state index in [2.05, 4.69) is 58.8 Å². The van der Waals surface area contributed by atoms with Crippen LogP contribution in [0.15, 0.2) is 69.7 Å². The van der Waals surface area contributed by atoms with Gasteiger partial charge in [0.15, 0.2) is 11.6 Å². The lowest BCUT2D eigenvalue weighted by Gasteiger charge is -2.57. The van der Waals surface area contributed by atoms with E-state index in [-0.39, 0.29) is 41.1 Å². The summed E-state index contributed by atoms with van der Waals surface area (Å²) in [6, 6.07) is 20.6. The van der Waals surface area contributed by atoms with Gasteiger partial charge in [0.2, 0.25) is 23.6 Å². The minimum absolute atomic E-state index is 0.0168. The second-order valence-corrected chi connectivity index (χ2v) is 14.9. The van der Waals surface area contributed by atoms with Crippen molar-refractivity contribution in [2.75, 3.05) is 13.1 Å². The number of nitrogens with zero attached hydrogens (tertiary/aromatic N) is 6. The Morgan fingerprint density at radius 2 is 1.06 bits per heavy atom. The first-order valence-corrected chi connectivity index (χ1v) is 18.4. The molecule has 2 amide bonds. The predicted molar refractivity (Wildman–Crippen MR) is 181 cm³/mol. The van der Waals surface area contributed by atoms with Crippen LogP contribution in [0.5, 0.6) is 0 Å². The van der Waals surface area contributed by atoms with E-state index in [4.69, 9.17) is 19.0 Å². The van der Waals surface area contributed by atoms with E-state index in [0.717, 1.165) is 115 Å². The number of rotatable bonds is 12. The first-order chi connectivity index (χ1) is 24.0. The molecule has 49 heavy (non-hydrogen) atoms. The molecule has 0 N–H and O–H groups in total. The zero-order valence-corrected chi connectivity index (χ0v) is 28.2. The summed E-state index contributed by atoms with van der Waals surface area (Å²) in [5, 5.41) is 8.48. The molecule has 2 saturated carbocycles. The van der Waals surface area contributed by atoms with Crippen LogP contribution in [0.2, 0.25) is 0 Å².